The van der Waals surface area contributed by atoms with Crippen LogP contribution >= 0.6 is 35.0 Å². The molecule has 2 atom stereocenters. The average molecular weight is 514 g/mol. The fraction of sp³-hybridized carbons (Fsp3) is 0.476. The zero-order valence-electron chi connectivity index (χ0n) is 18.6. The predicted octanol–water partition coefficient (Wildman–Crippen LogP) is 2.82. The molecule has 0 spiro atoms. The lowest BCUT2D eigenvalue weighted by Crippen LogP contribution is -2.43. The number of halogens is 2. The molecular formula is C21H25Cl2N5O4S. The normalized spacial score (nSPS) is 22.2. The maximum absolute atomic E-state index is 13.1. The summed E-state index contributed by atoms with van der Waals surface area (Å²) in [6.07, 6.45) is -0.0121. The molecule has 2 fully saturated rings. The van der Waals surface area contributed by atoms with Gasteiger partial charge in [0, 0.05) is 36.6 Å². The quantitative estimate of drug-likeness (QED) is 0.544. The Morgan fingerprint density at radius 2 is 1.91 bits per heavy atom. The van der Waals surface area contributed by atoms with Gasteiger partial charge < -0.3 is 10.6 Å². The molecule has 0 saturated carbocycles. The van der Waals surface area contributed by atoms with Gasteiger partial charge in [-0.05, 0) is 38.5 Å². The highest BCUT2D eigenvalue weighted by Gasteiger charge is 2.45. The van der Waals surface area contributed by atoms with Crippen LogP contribution in [0, 0.1) is 0 Å². The van der Waals surface area contributed by atoms with E-state index < -0.39 is 22.9 Å². The van der Waals surface area contributed by atoms with Crippen LogP contribution in [0.3, 0.4) is 0 Å². The third-order valence-corrected chi connectivity index (χ3v) is 7.13. The molecule has 3 rings (SSSR count). The third-order valence-electron chi connectivity index (χ3n) is 5.38. The van der Waals surface area contributed by atoms with Gasteiger partial charge >= 0.3 is 6.03 Å². The van der Waals surface area contributed by atoms with Gasteiger partial charge in [0.05, 0.1) is 6.04 Å². The summed E-state index contributed by atoms with van der Waals surface area (Å²) < 4.78 is 0. The second kappa shape index (κ2) is 9.90. The molecule has 178 valence electrons. The number of hydrogen-bond donors (Lipinski definition) is 2. The first-order valence-corrected chi connectivity index (χ1v) is 11.9. The Bertz CT molecular complexity index is 1030. The topological polar surface area (TPSA) is 111 Å². The van der Waals surface area contributed by atoms with E-state index in [9.17, 15) is 19.2 Å². The van der Waals surface area contributed by atoms with Crippen molar-refractivity contribution in [2.24, 2.45) is 4.99 Å². The third kappa shape index (κ3) is 5.44. The molecule has 12 heteroatoms. The molecule has 1 aromatic carbocycles. The Balaban J connectivity index is 1.84. The number of rotatable bonds is 7. The fourth-order valence-corrected chi connectivity index (χ4v) is 5.32. The number of imide groups is 1. The van der Waals surface area contributed by atoms with Crippen LogP contribution < -0.4 is 10.6 Å². The molecule has 1 aromatic rings. The lowest BCUT2D eigenvalue weighted by molar-refractivity contribution is -0.132. The molecular weight excluding hydrogens is 489 g/mol. The molecule has 33 heavy (non-hydrogen) atoms. The van der Waals surface area contributed by atoms with Gasteiger partial charge in [0.25, 0.3) is 5.91 Å². The molecule has 0 aliphatic carbocycles. The summed E-state index contributed by atoms with van der Waals surface area (Å²) in [6, 6.07) is 4.18. The first-order chi connectivity index (χ1) is 15.4. The summed E-state index contributed by atoms with van der Waals surface area (Å²) in [5.74, 6) is -0.941. The molecule has 0 radical (unpaired) electrons. The Hall–Kier alpha value is -2.30. The van der Waals surface area contributed by atoms with Crippen LogP contribution in [0.5, 0.6) is 0 Å². The van der Waals surface area contributed by atoms with E-state index in [1.807, 2.05) is 6.92 Å². The van der Waals surface area contributed by atoms with Crippen LogP contribution in [0.15, 0.2) is 23.2 Å². The molecule has 5 amide bonds. The summed E-state index contributed by atoms with van der Waals surface area (Å²) in [4.78, 5) is 56.9. The first-order valence-electron chi connectivity index (χ1n) is 10.3. The zero-order valence-corrected chi connectivity index (χ0v) is 21.0. The van der Waals surface area contributed by atoms with Crippen LogP contribution in [-0.2, 0) is 14.4 Å². The van der Waals surface area contributed by atoms with Crippen molar-refractivity contribution in [3.05, 3.63) is 33.8 Å². The van der Waals surface area contributed by atoms with E-state index >= 15 is 0 Å². The Kier molecular flexibility index (Phi) is 7.60. The SMILES string of the molecule is CNC(=O)CC1SC(=NC(C)c2ccc(Cl)cc2Cl)N(CCN2C(=O)NC(C)(C)C2=O)C1=O. The van der Waals surface area contributed by atoms with E-state index in [2.05, 4.69) is 15.6 Å². The maximum atomic E-state index is 13.1. The number of carbonyl (C=O) groups excluding carboxylic acids is 4. The second-order valence-corrected chi connectivity index (χ2v) is 10.3. The Morgan fingerprint density at radius 1 is 1.24 bits per heavy atom. The highest BCUT2D eigenvalue weighted by atomic mass is 35.5. The van der Waals surface area contributed by atoms with Crippen LogP contribution in [-0.4, -0.2) is 69.6 Å². The number of thioether (sulfide) groups is 1. The minimum atomic E-state index is -1.00. The van der Waals surface area contributed by atoms with Gasteiger partial charge in [-0.15, -0.1) is 0 Å². The second-order valence-electron chi connectivity index (χ2n) is 8.24. The molecule has 9 nitrogen and oxygen atoms in total. The number of nitrogens with zero attached hydrogens (tertiary/aromatic N) is 3. The van der Waals surface area contributed by atoms with Crippen molar-refractivity contribution in [2.75, 3.05) is 20.1 Å². The average Bonchev–Trinajstić information content (AvgIpc) is 3.11. The van der Waals surface area contributed by atoms with Gasteiger partial charge in [-0.3, -0.25) is 29.2 Å². The number of amides is 5. The molecule has 2 N–H and O–H groups in total. The molecule has 2 aliphatic heterocycles. The van der Waals surface area contributed by atoms with Gasteiger partial charge in [-0.25, -0.2) is 4.79 Å². The fourth-order valence-electron chi connectivity index (χ4n) is 3.51. The van der Waals surface area contributed by atoms with Gasteiger partial charge in [0.2, 0.25) is 11.8 Å². The van der Waals surface area contributed by atoms with E-state index in [1.165, 1.54) is 23.7 Å². The van der Waals surface area contributed by atoms with E-state index in [-0.39, 0.29) is 37.2 Å². The van der Waals surface area contributed by atoms with E-state index in [0.29, 0.717) is 15.2 Å². The molecule has 0 bridgehead atoms. The number of urea groups is 1. The zero-order chi connectivity index (χ0) is 24.5. The minimum absolute atomic E-state index is 0.00218. The van der Waals surface area contributed by atoms with Crippen LogP contribution in [0.25, 0.3) is 0 Å². The Labute approximate surface area is 206 Å². The van der Waals surface area contributed by atoms with Crippen molar-refractivity contribution in [3.8, 4) is 0 Å². The summed E-state index contributed by atoms with van der Waals surface area (Å²) in [5, 5.41) is 5.83. The van der Waals surface area contributed by atoms with Crippen molar-refractivity contribution in [1.29, 1.82) is 0 Å². The molecule has 2 unspecified atom stereocenters. The monoisotopic (exact) mass is 513 g/mol. The Morgan fingerprint density at radius 3 is 2.48 bits per heavy atom. The molecule has 2 aliphatic rings. The number of hydrogen-bond acceptors (Lipinski definition) is 6. The van der Waals surface area contributed by atoms with E-state index in [4.69, 9.17) is 23.2 Å². The van der Waals surface area contributed by atoms with Gasteiger partial charge in [0.1, 0.15) is 10.8 Å². The summed E-state index contributed by atoms with van der Waals surface area (Å²) >= 11 is 13.5. The van der Waals surface area contributed by atoms with Gasteiger partial charge in [-0.2, -0.15) is 0 Å². The predicted molar refractivity (Wildman–Crippen MR) is 128 cm³/mol. The highest BCUT2D eigenvalue weighted by Crippen LogP contribution is 2.34. The van der Waals surface area contributed by atoms with Crippen molar-refractivity contribution in [2.45, 2.75) is 44.0 Å². The van der Waals surface area contributed by atoms with E-state index in [1.54, 1.807) is 32.0 Å². The molecule has 0 aromatic heterocycles. The van der Waals surface area contributed by atoms with Gasteiger partial charge in [0.15, 0.2) is 5.17 Å². The lowest BCUT2D eigenvalue weighted by atomic mass is 10.1. The summed E-state index contributed by atoms with van der Waals surface area (Å²) in [7, 11) is 1.50. The lowest BCUT2D eigenvalue weighted by Gasteiger charge is -2.21. The minimum Gasteiger partial charge on any atom is -0.359 e. The van der Waals surface area contributed by atoms with Crippen molar-refractivity contribution in [3.63, 3.8) is 0 Å². The number of aliphatic imine (C=N–C) groups is 1. The highest BCUT2D eigenvalue weighted by molar-refractivity contribution is 8.15. The molecule has 2 heterocycles. The van der Waals surface area contributed by atoms with Crippen LogP contribution in [0.2, 0.25) is 10.0 Å². The van der Waals surface area contributed by atoms with Crippen LogP contribution in [0.1, 0.15) is 38.8 Å². The standard InChI is InChI=1S/C21H25Cl2N5O4S/c1-11(13-6-5-12(22)9-14(13)23)25-20-27(17(30)15(33-20)10-16(29)24-4)7-8-28-18(31)21(2,3)26-19(28)32/h5-6,9,11,15H,7-8,10H2,1-4H3,(H,24,29)(H,26,32). The smallest absolute Gasteiger partial charge is 0.325 e. The van der Waals surface area contributed by atoms with Gasteiger partial charge in [-0.1, -0.05) is 41.0 Å². The van der Waals surface area contributed by atoms with Crippen LogP contribution in [0.4, 0.5) is 4.79 Å². The van der Waals surface area contributed by atoms with Crippen molar-refractivity contribution >= 4 is 63.9 Å². The number of carbonyl (C=O) groups is 4. The first kappa shape index (κ1) is 25.3. The summed E-state index contributed by atoms with van der Waals surface area (Å²) in [6.45, 7) is 5.13. The number of benzene rings is 1. The van der Waals surface area contributed by atoms with Crippen molar-refractivity contribution < 1.29 is 19.2 Å². The largest absolute Gasteiger partial charge is 0.359 e. The maximum Gasteiger partial charge on any atom is 0.325 e. The molecule has 2 saturated heterocycles. The van der Waals surface area contributed by atoms with Crippen molar-refractivity contribution in [1.82, 2.24) is 20.4 Å². The number of nitrogens with one attached hydrogen (secondary N) is 2. The summed E-state index contributed by atoms with van der Waals surface area (Å²) in [5.41, 5.74) is -0.272. The van der Waals surface area contributed by atoms with E-state index in [0.717, 1.165) is 10.5 Å². The number of amidine groups is 1.